The highest BCUT2D eigenvalue weighted by Crippen LogP contribution is 2.35. The average molecular weight is 265 g/mol. The summed E-state index contributed by atoms with van der Waals surface area (Å²) in [7, 11) is 0. The van der Waals surface area contributed by atoms with Crippen LogP contribution in [0.15, 0.2) is 0 Å². The first-order valence-electron chi connectivity index (χ1n) is 6.91. The number of hydrogen-bond donors (Lipinski definition) is 1. The molecule has 18 heavy (non-hydrogen) atoms. The Hall–Kier alpha value is -0.290. The summed E-state index contributed by atoms with van der Waals surface area (Å²) in [5.74, 6) is -1.21. The zero-order valence-corrected chi connectivity index (χ0v) is 10.7. The van der Waals surface area contributed by atoms with Gasteiger partial charge in [-0.1, -0.05) is 19.3 Å². The van der Waals surface area contributed by atoms with Crippen molar-refractivity contribution in [2.24, 2.45) is 5.92 Å². The van der Waals surface area contributed by atoms with E-state index in [0.29, 0.717) is 19.5 Å². The van der Waals surface area contributed by atoms with Crippen LogP contribution in [0.1, 0.15) is 44.9 Å². The normalized spacial score (nSPS) is 30.3. The number of likely N-dealkylation sites (tertiary alicyclic amines) is 1. The second-order valence-electron chi connectivity index (χ2n) is 5.90. The van der Waals surface area contributed by atoms with Crippen molar-refractivity contribution in [1.29, 1.82) is 0 Å². The van der Waals surface area contributed by atoms with Gasteiger partial charge in [-0.05, 0) is 32.2 Å². The van der Waals surface area contributed by atoms with Gasteiger partial charge in [-0.15, -0.1) is 0 Å². The van der Waals surface area contributed by atoms with E-state index in [2.05, 4.69) is 0 Å². The molecule has 1 atom stereocenters. The highest BCUT2D eigenvalue weighted by Gasteiger charge is 2.43. The number of hydrogen-bond acceptors (Lipinski definition) is 2. The number of nitrogens with zero attached hydrogens (tertiary/aromatic N) is 1. The molecular weight excluding hydrogens is 243 g/mol. The molecule has 2 rings (SSSR count). The van der Waals surface area contributed by atoms with E-state index in [1.807, 2.05) is 4.90 Å². The fourth-order valence-electron chi connectivity index (χ4n) is 3.25. The summed E-state index contributed by atoms with van der Waals surface area (Å²) < 4.78 is 38.1. The fourth-order valence-corrected chi connectivity index (χ4v) is 3.25. The molecule has 5 heteroatoms. The second kappa shape index (κ2) is 5.37. The molecule has 1 aliphatic heterocycles. The van der Waals surface area contributed by atoms with Gasteiger partial charge in [0.05, 0.1) is 11.5 Å². The van der Waals surface area contributed by atoms with Crippen LogP contribution in [0, 0.1) is 5.92 Å². The molecule has 2 aliphatic rings. The van der Waals surface area contributed by atoms with Crippen molar-refractivity contribution in [2.75, 3.05) is 19.6 Å². The zero-order chi connectivity index (χ0) is 13.2. The van der Waals surface area contributed by atoms with Gasteiger partial charge < -0.3 is 5.11 Å². The maximum absolute atomic E-state index is 12.7. The summed E-state index contributed by atoms with van der Waals surface area (Å²) in [5.41, 5.74) is -0.744. The van der Waals surface area contributed by atoms with Crippen molar-refractivity contribution in [3.8, 4) is 0 Å². The lowest BCUT2D eigenvalue weighted by molar-refractivity contribution is -0.189. The van der Waals surface area contributed by atoms with Crippen molar-refractivity contribution in [3.63, 3.8) is 0 Å². The number of aliphatic hydroxyl groups is 1. The van der Waals surface area contributed by atoms with E-state index in [0.717, 1.165) is 32.1 Å². The SMILES string of the molecule is OC1(CN2CCCC(C(F)(F)F)C2)CCCCC1. The maximum Gasteiger partial charge on any atom is 0.393 e. The minimum absolute atomic E-state index is 0.0613. The summed E-state index contributed by atoms with van der Waals surface area (Å²) >= 11 is 0. The molecule has 0 aromatic rings. The number of rotatable bonds is 2. The second-order valence-corrected chi connectivity index (χ2v) is 5.90. The first-order valence-corrected chi connectivity index (χ1v) is 6.91. The third-order valence-electron chi connectivity index (χ3n) is 4.27. The predicted octanol–water partition coefficient (Wildman–Crippen LogP) is 2.96. The predicted molar refractivity (Wildman–Crippen MR) is 63.3 cm³/mol. The van der Waals surface area contributed by atoms with E-state index in [1.165, 1.54) is 0 Å². The maximum atomic E-state index is 12.7. The summed E-state index contributed by atoms with van der Waals surface area (Å²) in [6.07, 6.45) is 1.32. The Kier molecular flexibility index (Phi) is 4.22. The van der Waals surface area contributed by atoms with Crippen LogP contribution in [-0.2, 0) is 0 Å². The Morgan fingerprint density at radius 3 is 2.39 bits per heavy atom. The zero-order valence-electron chi connectivity index (χ0n) is 10.7. The monoisotopic (exact) mass is 265 g/mol. The van der Waals surface area contributed by atoms with E-state index >= 15 is 0 Å². The molecule has 1 aliphatic carbocycles. The van der Waals surface area contributed by atoms with Gasteiger partial charge in [0.15, 0.2) is 0 Å². The fraction of sp³-hybridized carbons (Fsp3) is 1.00. The van der Waals surface area contributed by atoms with Gasteiger partial charge in [0, 0.05) is 13.1 Å². The molecule has 2 fully saturated rings. The van der Waals surface area contributed by atoms with Crippen molar-refractivity contribution in [1.82, 2.24) is 4.90 Å². The molecule has 0 aromatic carbocycles. The van der Waals surface area contributed by atoms with E-state index < -0.39 is 17.7 Å². The Labute approximate surface area is 106 Å². The van der Waals surface area contributed by atoms with Gasteiger partial charge in [-0.2, -0.15) is 13.2 Å². The van der Waals surface area contributed by atoms with Gasteiger partial charge >= 0.3 is 6.18 Å². The minimum atomic E-state index is -4.09. The van der Waals surface area contributed by atoms with Crippen LogP contribution in [0.2, 0.25) is 0 Å². The van der Waals surface area contributed by atoms with Gasteiger partial charge in [-0.3, -0.25) is 4.90 Å². The molecule has 0 aromatic heterocycles. The topological polar surface area (TPSA) is 23.5 Å². The highest BCUT2D eigenvalue weighted by atomic mass is 19.4. The highest BCUT2D eigenvalue weighted by molar-refractivity contribution is 4.88. The van der Waals surface area contributed by atoms with Gasteiger partial charge in [-0.25, -0.2) is 0 Å². The lowest BCUT2D eigenvalue weighted by Gasteiger charge is -2.40. The number of alkyl halides is 3. The van der Waals surface area contributed by atoms with Crippen LogP contribution in [0.3, 0.4) is 0 Å². The molecule has 1 heterocycles. The van der Waals surface area contributed by atoms with E-state index in [-0.39, 0.29) is 13.0 Å². The average Bonchev–Trinajstić information content (AvgIpc) is 2.28. The third-order valence-corrected chi connectivity index (χ3v) is 4.27. The van der Waals surface area contributed by atoms with Crippen molar-refractivity contribution >= 4 is 0 Å². The van der Waals surface area contributed by atoms with Crippen molar-refractivity contribution < 1.29 is 18.3 Å². The number of piperidine rings is 1. The number of halogens is 3. The molecule has 1 N–H and O–H groups in total. The first kappa shape index (κ1) is 14.1. The van der Waals surface area contributed by atoms with Crippen LogP contribution in [0.25, 0.3) is 0 Å². The lowest BCUT2D eigenvalue weighted by atomic mass is 9.83. The molecule has 0 bridgehead atoms. The number of β-amino-alcohol motifs (C(OH)–C–C–N with tert-alkyl or cyclic N) is 1. The van der Waals surface area contributed by atoms with Crippen LogP contribution in [-0.4, -0.2) is 41.4 Å². The largest absolute Gasteiger partial charge is 0.393 e. The first-order chi connectivity index (χ1) is 8.39. The van der Waals surface area contributed by atoms with Gasteiger partial charge in [0.1, 0.15) is 0 Å². The Morgan fingerprint density at radius 2 is 1.78 bits per heavy atom. The summed E-state index contributed by atoms with van der Waals surface area (Å²) in [5, 5.41) is 10.4. The van der Waals surface area contributed by atoms with Crippen LogP contribution in [0.4, 0.5) is 13.2 Å². The Balaban J connectivity index is 1.89. The molecule has 0 spiro atoms. The Morgan fingerprint density at radius 1 is 1.11 bits per heavy atom. The van der Waals surface area contributed by atoms with Crippen LogP contribution < -0.4 is 0 Å². The van der Waals surface area contributed by atoms with E-state index in [1.54, 1.807) is 0 Å². The van der Waals surface area contributed by atoms with E-state index in [9.17, 15) is 18.3 Å². The van der Waals surface area contributed by atoms with Crippen LogP contribution >= 0.6 is 0 Å². The molecule has 106 valence electrons. The van der Waals surface area contributed by atoms with E-state index in [4.69, 9.17) is 0 Å². The quantitative estimate of drug-likeness (QED) is 0.829. The molecular formula is C13H22F3NO. The summed E-state index contributed by atoms with van der Waals surface area (Å²) in [4.78, 5) is 1.81. The lowest BCUT2D eigenvalue weighted by Crippen LogP contribution is -2.49. The Bertz CT molecular complexity index is 274. The molecule has 2 nitrogen and oxygen atoms in total. The van der Waals surface area contributed by atoms with Crippen molar-refractivity contribution in [2.45, 2.75) is 56.7 Å². The van der Waals surface area contributed by atoms with Crippen LogP contribution in [0.5, 0.6) is 0 Å². The summed E-state index contributed by atoms with van der Waals surface area (Å²) in [6.45, 7) is 1.17. The van der Waals surface area contributed by atoms with Gasteiger partial charge in [0.25, 0.3) is 0 Å². The molecule has 0 amide bonds. The third kappa shape index (κ3) is 3.60. The van der Waals surface area contributed by atoms with Gasteiger partial charge in [0.2, 0.25) is 0 Å². The van der Waals surface area contributed by atoms with Crippen molar-refractivity contribution in [3.05, 3.63) is 0 Å². The smallest absolute Gasteiger partial charge is 0.389 e. The minimum Gasteiger partial charge on any atom is -0.389 e. The summed E-state index contributed by atoms with van der Waals surface area (Å²) in [6, 6.07) is 0. The molecule has 1 saturated heterocycles. The standard InChI is InChI=1S/C13H22F3NO/c14-13(15,16)11-5-4-8-17(9-11)10-12(18)6-2-1-3-7-12/h11,18H,1-10H2. The molecule has 1 unspecified atom stereocenters. The molecule has 1 saturated carbocycles. The molecule has 0 radical (unpaired) electrons.